The SMILES string of the molecule is NC(=O)CCCNc1ncc(Br)cc1Br. The first-order valence-electron chi connectivity index (χ1n) is 4.43. The third kappa shape index (κ3) is 4.61. The van der Waals surface area contributed by atoms with Gasteiger partial charge >= 0.3 is 0 Å². The monoisotopic (exact) mass is 335 g/mol. The van der Waals surface area contributed by atoms with Gasteiger partial charge in [-0.3, -0.25) is 4.79 Å². The molecule has 0 unspecified atom stereocenters. The fraction of sp³-hybridized carbons (Fsp3) is 0.333. The predicted molar refractivity (Wildman–Crippen MR) is 66.6 cm³/mol. The maximum absolute atomic E-state index is 10.5. The molecule has 0 aliphatic heterocycles. The molecular weight excluding hydrogens is 326 g/mol. The number of hydrogen-bond acceptors (Lipinski definition) is 3. The highest BCUT2D eigenvalue weighted by atomic mass is 79.9. The van der Waals surface area contributed by atoms with E-state index in [9.17, 15) is 4.79 Å². The second-order valence-electron chi connectivity index (χ2n) is 2.98. The van der Waals surface area contributed by atoms with Crippen LogP contribution >= 0.6 is 31.9 Å². The molecule has 0 fully saturated rings. The molecule has 0 aliphatic carbocycles. The number of primary amides is 1. The summed E-state index contributed by atoms with van der Waals surface area (Å²) in [6.07, 6.45) is 2.81. The molecule has 0 saturated carbocycles. The van der Waals surface area contributed by atoms with E-state index in [0.29, 0.717) is 19.4 Å². The summed E-state index contributed by atoms with van der Waals surface area (Å²) >= 11 is 6.70. The van der Waals surface area contributed by atoms with Crippen LogP contribution in [0, 0.1) is 0 Å². The van der Waals surface area contributed by atoms with E-state index in [4.69, 9.17) is 5.73 Å². The van der Waals surface area contributed by atoms with Gasteiger partial charge in [-0.05, 0) is 44.3 Å². The van der Waals surface area contributed by atoms with Crippen molar-refractivity contribution in [2.24, 2.45) is 5.73 Å². The van der Waals surface area contributed by atoms with Crippen molar-refractivity contribution in [3.8, 4) is 0 Å². The Labute approximate surface area is 105 Å². The van der Waals surface area contributed by atoms with Gasteiger partial charge in [0.25, 0.3) is 0 Å². The lowest BCUT2D eigenvalue weighted by Gasteiger charge is -2.06. The number of amides is 1. The Kier molecular flexibility index (Phi) is 5.04. The number of halogens is 2. The Bertz CT molecular complexity index is 357. The number of pyridine rings is 1. The van der Waals surface area contributed by atoms with Crippen LogP contribution < -0.4 is 11.1 Å². The Morgan fingerprint density at radius 1 is 1.53 bits per heavy atom. The van der Waals surface area contributed by atoms with Crippen LogP contribution in [0.1, 0.15) is 12.8 Å². The Balaban J connectivity index is 2.40. The minimum absolute atomic E-state index is 0.278. The summed E-state index contributed by atoms with van der Waals surface area (Å²) in [6.45, 7) is 0.677. The molecule has 0 atom stereocenters. The molecule has 0 bridgehead atoms. The molecule has 1 aromatic rings. The largest absolute Gasteiger partial charge is 0.370 e. The highest BCUT2D eigenvalue weighted by Crippen LogP contribution is 2.23. The molecule has 1 aromatic heterocycles. The Hall–Kier alpha value is -0.620. The van der Waals surface area contributed by atoms with Gasteiger partial charge in [0, 0.05) is 23.6 Å². The van der Waals surface area contributed by atoms with Crippen molar-refractivity contribution in [1.82, 2.24) is 4.98 Å². The third-order valence-electron chi connectivity index (χ3n) is 1.70. The number of nitrogens with two attached hydrogens (primary N) is 1. The standard InChI is InChI=1S/C9H11Br2N3O/c10-6-4-7(11)9(14-5-6)13-3-1-2-8(12)15/h4-5H,1-3H2,(H2,12,15)(H,13,14). The first-order chi connectivity index (χ1) is 7.09. The molecule has 0 radical (unpaired) electrons. The van der Waals surface area contributed by atoms with Crippen LogP contribution in [0.5, 0.6) is 0 Å². The predicted octanol–water partition coefficient (Wildman–Crippen LogP) is 2.28. The fourth-order valence-corrected chi connectivity index (χ4v) is 2.14. The lowest BCUT2D eigenvalue weighted by Crippen LogP contribution is -2.13. The smallest absolute Gasteiger partial charge is 0.217 e. The van der Waals surface area contributed by atoms with Crippen molar-refractivity contribution in [1.29, 1.82) is 0 Å². The molecule has 82 valence electrons. The Morgan fingerprint density at radius 2 is 2.27 bits per heavy atom. The summed E-state index contributed by atoms with van der Waals surface area (Å²) in [5.74, 6) is 0.488. The molecule has 4 nitrogen and oxygen atoms in total. The number of carbonyl (C=O) groups is 1. The lowest BCUT2D eigenvalue weighted by atomic mass is 10.3. The number of nitrogens with one attached hydrogen (secondary N) is 1. The van der Waals surface area contributed by atoms with Crippen LogP contribution in [0.3, 0.4) is 0 Å². The highest BCUT2D eigenvalue weighted by molar-refractivity contribution is 9.11. The molecule has 1 rings (SSSR count). The molecule has 0 saturated heterocycles. The van der Waals surface area contributed by atoms with E-state index in [1.165, 1.54) is 0 Å². The average Bonchev–Trinajstić information content (AvgIpc) is 2.14. The average molecular weight is 337 g/mol. The summed E-state index contributed by atoms with van der Waals surface area (Å²) in [5.41, 5.74) is 5.02. The van der Waals surface area contributed by atoms with Gasteiger partial charge in [-0.25, -0.2) is 4.98 Å². The van der Waals surface area contributed by atoms with Crippen molar-refractivity contribution in [3.05, 3.63) is 21.2 Å². The van der Waals surface area contributed by atoms with Gasteiger partial charge in [-0.2, -0.15) is 0 Å². The Morgan fingerprint density at radius 3 is 2.87 bits per heavy atom. The van der Waals surface area contributed by atoms with Gasteiger partial charge < -0.3 is 11.1 Å². The summed E-state index contributed by atoms with van der Waals surface area (Å²) in [5, 5.41) is 3.11. The van der Waals surface area contributed by atoms with Crippen LogP contribution in [-0.2, 0) is 4.79 Å². The normalized spacial score (nSPS) is 10.0. The van der Waals surface area contributed by atoms with E-state index in [-0.39, 0.29) is 5.91 Å². The number of hydrogen-bond donors (Lipinski definition) is 2. The minimum atomic E-state index is -0.278. The van der Waals surface area contributed by atoms with Crippen LogP contribution in [0.25, 0.3) is 0 Å². The van der Waals surface area contributed by atoms with Gasteiger partial charge in [-0.1, -0.05) is 0 Å². The van der Waals surface area contributed by atoms with E-state index < -0.39 is 0 Å². The fourth-order valence-electron chi connectivity index (χ4n) is 1.01. The van der Waals surface area contributed by atoms with Crippen molar-refractivity contribution in [2.75, 3.05) is 11.9 Å². The molecule has 0 aromatic carbocycles. The maximum Gasteiger partial charge on any atom is 0.217 e. The number of carbonyl (C=O) groups excluding carboxylic acids is 1. The van der Waals surface area contributed by atoms with Crippen molar-refractivity contribution in [2.45, 2.75) is 12.8 Å². The number of aromatic nitrogens is 1. The first-order valence-corrected chi connectivity index (χ1v) is 6.01. The van der Waals surface area contributed by atoms with Gasteiger partial charge in [0.05, 0.1) is 4.47 Å². The van der Waals surface area contributed by atoms with Crippen molar-refractivity contribution < 1.29 is 4.79 Å². The van der Waals surface area contributed by atoms with Crippen LogP contribution in [0.2, 0.25) is 0 Å². The highest BCUT2D eigenvalue weighted by Gasteiger charge is 2.01. The molecule has 1 amide bonds. The molecule has 15 heavy (non-hydrogen) atoms. The van der Waals surface area contributed by atoms with Gasteiger partial charge in [0.15, 0.2) is 0 Å². The van der Waals surface area contributed by atoms with Crippen LogP contribution in [-0.4, -0.2) is 17.4 Å². The molecule has 3 N–H and O–H groups in total. The van der Waals surface area contributed by atoms with E-state index in [0.717, 1.165) is 14.8 Å². The molecule has 1 heterocycles. The van der Waals surface area contributed by atoms with E-state index in [1.54, 1.807) is 6.20 Å². The lowest BCUT2D eigenvalue weighted by molar-refractivity contribution is -0.118. The molecule has 0 aliphatic rings. The summed E-state index contributed by atoms with van der Waals surface area (Å²) in [4.78, 5) is 14.7. The van der Waals surface area contributed by atoms with Gasteiger partial charge in [-0.15, -0.1) is 0 Å². The molecule has 6 heteroatoms. The number of rotatable bonds is 5. The van der Waals surface area contributed by atoms with Crippen LogP contribution in [0.4, 0.5) is 5.82 Å². The maximum atomic E-state index is 10.5. The zero-order chi connectivity index (χ0) is 11.3. The van der Waals surface area contributed by atoms with E-state index in [1.807, 2.05) is 6.07 Å². The van der Waals surface area contributed by atoms with E-state index in [2.05, 4.69) is 42.2 Å². The summed E-state index contributed by atoms with van der Waals surface area (Å²) < 4.78 is 1.80. The molecular formula is C9H11Br2N3O. The second kappa shape index (κ2) is 6.07. The quantitative estimate of drug-likeness (QED) is 0.810. The van der Waals surface area contributed by atoms with Gasteiger partial charge in [0.1, 0.15) is 5.82 Å². The minimum Gasteiger partial charge on any atom is -0.370 e. The topological polar surface area (TPSA) is 68.0 Å². The summed E-state index contributed by atoms with van der Waals surface area (Å²) in [6, 6.07) is 1.91. The third-order valence-corrected chi connectivity index (χ3v) is 2.74. The van der Waals surface area contributed by atoms with Crippen LogP contribution in [0.15, 0.2) is 21.2 Å². The zero-order valence-electron chi connectivity index (χ0n) is 7.96. The molecule has 0 spiro atoms. The number of anilines is 1. The zero-order valence-corrected chi connectivity index (χ0v) is 11.1. The summed E-state index contributed by atoms with van der Waals surface area (Å²) in [7, 11) is 0. The number of nitrogens with zero attached hydrogens (tertiary/aromatic N) is 1. The van der Waals surface area contributed by atoms with Crippen molar-refractivity contribution in [3.63, 3.8) is 0 Å². The van der Waals surface area contributed by atoms with Crippen molar-refractivity contribution >= 4 is 43.6 Å². The van der Waals surface area contributed by atoms with Gasteiger partial charge in [0.2, 0.25) is 5.91 Å². The second-order valence-corrected chi connectivity index (χ2v) is 4.75. The first kappa shape index (κ1) is 12.4. The van der Waals surface area contributed by atoms with E-state index >= 15 is 0 Å².